The molecule has 2 heterocycles. The average Bonchev–Trinajstić information content (AvgIpc) is 3.80. The smallest absolute Gasteiger partial charge is 0.164 e. The van der Waals surface area contributed by atoms with Crippen LogP contribution in [0.4, 0.5) is 0 Å². The minimum absolute atomic E-state index is 0.612. The highest BCUT2D eigenvalue weighted by Gasteiger charge is 2.16. The summed E-state index contributed by atoms with van der Waals surface area (Å²) >= 11 is 0. The second-order valence-corrected chi connectivity index (χ2v) is 18.0. The van der Waals surface area contributed by atoms with Crippen LogP contribution in [-0.2, 0) is 0 Å². The molecule has 0 aliphatic rings. The Morgan fingerprint density at radius 2 is 0.592 bits per heavy atom. The predicted molar refractivity (Wildman–Crippen MR) is 295 cm³/mol. The van der Waals surface area contributed by atoms with Gasteiger partial charge in [0.15, 0.2) is 17.5 Å². The second kappa shape index (κ2) is 17.9. The van der Waals surface area contributed by atoms with Crippen LogP contribution in [0.5, 0.6) is 0 Å². The first-order chi connectivity index (χ1) is 35.2. The summed E-state index contributed by atoms with van der Waals surface area (Å²) in [6.07, 6.45) is 0. The number of para-hydroxylation sites is 2. The average molecular weight is 905 g/mol. The van der Waals surface area contributed by atoms with Crippen LogP contribution in [-0.4, -0.2) is 19.5 Å². The maximum atomic E-state index is 5.21. The number of hydrogen-bond donors (Lipinski definition) is 0. The van der Waals surface area contributed by atoms with Crippen molar-refractivity contribution >= 4 is 32.6 Å². The first-order valence-corrected chi connectivity index (χ1v) is 24.1. The van der Waals surface area contributed by atoms with Gasteiger partial charge in [-0.25, -0.2) is 15.0 Å². The van der Waals surface area contributed by atoms with Gasteiger partial charge in [0.25, 0.3) is 0 Å². The van der Waals surface area contributed by atoms with Crippen molar-refractivity contribution in [3.05, 3.63) is 267 Å². The van der Waals surface area contributed by atoms with Crippen LogP contribution < -0.4 is 0 Å². The third kappa shape index (κ3) is 7.94. The molecule has 71 heavy (non-hydrogen) atoms. The van der Waals surface area contributed by atoms with Crippen molar-refractivity contribution in [2.45, 2.75) is 0 Å². The van der Waals surface area contributed by atoms with E-state index in [2.05, 4.69) is 271 Å². The molecule has 4 nitrogen and oxygen atoms in total. The normalized spacial score (nSPS) is 11.4. The van der Waals surface area contributed by atoms with E-state index < -0.39 is 0 Å². The van der Waals surface area contributed by atoms with Crippen molar-refractivity contribution in [1.29, 1.82) is 0 Å². The molecule has 0 aliphatic heterocycles. The summed E-state index contributed by atoms with van der Waals surface area (Å²) in [5.41, 5.74) is 17.8. The second-order valence-electron chi connectivity index (χ2n) is 18.0. The summed E-state index contributed by atoms with van der Waals surface area (Å²) in [4.78, 5) is 15.6. The van der Waals surface area contributed by atoms with Gasteiger partial charge in [-0.3, -0.25) is 0 Å². The lowest BCUT2D eigenvalue weighted by atomic mass is 9.96. The molecule has 0 atom stereocenters. The monoisotopic (exact) mass is 904 g/mol. The zero-order valence-electron chi connectivity index (χ0n) is 38.7. The zero-order chi connectivity index (χ0) is 47.1. The van der Waals surface area contributed by atoms with Crippen molar-refractivity contribution in [3.8, 4) is 95.5 Å². The molecule has 4 heteroatoms. The molecule has 332 valence electrons. The van der Waals surface area contributed by atoms with Gasteiger partial charge >= 0.3 is 0 Å². The Balaban J connectivity index is 0.865. The van der Waals surface area contributed by atoms with Crippen molar-refractivity contribution in [2.75, 3.05) is 0 Å². The third-order valence-electron chi connectivity index (χ3n) is 13.7. The summed E-state index contributed by atoms with van der Waals surface area (Å²) in [5, 5.41) is 4.90. The van der Waals surface area contributed by atoms with Crippen LogP contribution in [0.2, 0.25) is 0 Å². The number of nitrogens with zero attached hydrogens (tertiary/aromatic N) is 4. The summed E-state index contributed by atoms with van der Waals surface area (Å²) in [7, 11) is 0. The van der Waals surface area contributed by atoms with Crippen molar-refractivity contribution in [1.82, 2.24) is 19.5 Å². The summed E-state index contributed by atoms with van der Waals surface area (Å²) in [6.45, 7) is 0. The molecule has 0 spiro atoms. The zero-order valence-corrected chi connectivity index (χ0v) is 38.7. The van der Waals surface area contributed by atoms with Crippen LogP contribution in [0.1, 0.15) is 0 Å². The van der Waals surface area contributed by atoms with E-state index in [-0.39, 0.29) is 0 Å². The first-order valence-electron chi connectivity index (χ1n) is 24.1. The van der Waals surface area contributed by atoms with Gasteiger partial charge in [-0.1, -0.05) is 224 Å². The minimum Gasteiger partial charge on any atom is -0.309 e. The summed E-state index contributed by atoms with van der Waals surface area (Å²) < 4.78 is 2.36. The standard InChI is InChI=1S/C67H44N4/c1-2-15-45(16-3-1)51-19-10-21-53(41-51)54-22-11-20-52(42-54)46-33-37-49(38-34-46)65-68-66(70-67(69-65)57-25-12-24-56(43-57)60-30-14-18-48-17-4-5-27-59(48)60)50-39-35-47(36-40-50)55-23-13-26-58(44-55)71-63-31-8-6-28-61(63)62-29-7-9-32-64(62)71/h1-44H. The number of fused-ring (bicyclic) bond motifs is 4. The Hall–Kier alpha value is -9.51. The highest BCUT2D eigenvalue weighted by atomic mass is 15.0. The van der Waals surface area contributed by atoms with Gasteiger partial charge in [0.1, 0.15) is 0 Å². The lowest BCUT2D eigenvalue weighted by Crippen LogP contribution is -2.00. The van der Waals surface area contributed by atoms with Gasteiger partial charge in [-0.05, 0) is 109 Å². The van der Waals surface area contributed by atoms with Gasteiger partial charge in [-0.15, -0.1) is 0 Å². The van der Waals surface area contributed by atoms with Crippen LogP contribution in [0, 0.1) is 0 Å². The molecule has 11 aromatic carbocycles. The Morgan fingerprint density at radius 3 is 1.18 bits per heavy atom. The highest BCUT2D eigenvalue weighted by Crippen LogP contribution is 2.36. The van der Waals surface area contributed by atoms with E-state index in [0.717, 1.165) is 50.2 Å². The summed E-state index contributed by atoms with van der Waals surface area (Å²) in [6, 6.07) is 94.9. The maximum Gasteiger partial charge on any atom is 0.164 e. The molecule has 0 N–H and O–H groups in total. The Bertz CT molecular complexity index is 4040. The first kappa shape index (κ1) is 41.7. The van der Waals surface area contributed by atoms with E-state index in [1.807, 2.05) is 0 Å². The number of aromatic nitrogens is 4. The Labute approximate surface area is 412 Å². The van der Waals surface area contributed by atoms with Crippen molar-refractivity contribution in [2.24, 2.45) is 0 Å². The Morgan fingerprint density at radius 1 is 0.225 bits per heavy atom. The van der Waals surface area contributed by atoms with Crippen molar-refractivity contribution < 1.29 is 0 Å². The van der Waals surface area contributed by atoms with Crippen molar-refractivity contribution in [3.63, 3.8) is 0 Å². The molecular weight excluding hydrogens is 861 g/mol. The van der Waals surface area contributed by atoms with Crippen LogP contribution in [0.25, 0.3) is 128 Å². The van der Waals surface area contributed by atoms with Crippen LogP contribution >= 0.6 is 0 Å². The lowest BCUT2D eigenvalue weighted by molar-refractivity contribution is 1.07. The number of benzene rings is 11. The molecule has 0 fully saturated rings. The molecule has 0 unspecified atom stereocenters. The highest BCUT2D eigenvalue weighted by molar-refractivity contribution is 6.09. The van der Waals surface area contributed by atoms with E-state index in [4.69, 9.17) is 15.0 Å². The predicted octanol–water partition coefficient (Wildman–Crippen LogP) is 17.5. The lowest BCUT2D eigenvalue weighted by Gasteiger charge is -2.12. The van der Waals surface area contributed by atoms with Gasteiger partial charge in [-0.2, -0.15) is 0 Å². The fourth-order valence-electron chi connectivity index (χ4n) is 10.1. The molecule has 0 radical (unpaired) electrons. The topological polar surface area (TPSA) is 43.6 Å². The van der Waals surface area contributed by atoms with Crippen LogP contribution in [0.3, 0.4) is 0 Å². The van der Waals surface area contributed by atoms with Gasteiger partial charge in [0.2, 0.25) is 0 Å². The molecular formula is C67H44N4. The fraction of sp³-hybridized carbons (Fsp3) is 0. The van der Waals surface area contributed by atoms with E-state index in [0.29, 0.717) is 17.5 Å². The van der Waals surface area contributed by atoms with Gasteiger partial charge in [0, 0.05) is 33.2 Å². The molecule has 13 rings (SSSR count). The number of hydrogen-bond acceptors (Lipinski definition) is 3. The maximum absolute atomic E-state index is 5.21. The van der Waals surface area contributed by atoms with E-state index in [1.54, 1.807) is 0 Å². The largest absolute Gasteiger partial charge is 0.309 e. The molecule has 2 aromatic heterocycles. The van der Waals surface area contributed by atoms with Gasteiger partial charge < -0.3 is 4.57 Å². The Kier molecular flexibility index (Phi) is 10.5. The molecule has 0 aliphatic carbocycles. The number of rotatable bonds is 9. The molecule has 0 bridgehead atoms. The van der Waals surface area contributed by atoms with E-state index in [1.165, 1.54) is 60.4 Å². The molecule has 0 amide bonds. The van der Waals surface area contributed by atoms with Crippen LogP contribution in [0.15, 0.2) is 267 Å². The molecule has 0 saturated carbocycles. The SMILES string of the molecule is c1ccc(-c2cccc(-c3cccc(-c4ccc(-c5nc(-c6ccc(-c7cccc(-n8c9ccccc9c9ccccc98)c7)cc6)nc(-c6cccc(-c7cccc8ccccc78)c6)n5)cc4)c3)c2)cc1. The van der Waals surface area contributed by atoms with E-state index >= 15 is 0 Å². The quantitative estimate of drug-likeness (QED) is 0.145. The van der Waals surface area contributed by atoms with E-state index in [9.17, 15) is 0 Å². The third-order valence-corrected chi connectivity index (χ3v) is 13.7. The molecule has 13 aromatic rings. The fourth-order valence-corrected chi connectivity index (χ4v) is 10.1. The molecule has 0 saturated heterocycles. The summed E-state index contributed by atoms with van der Waals surface area (Å²) in [5.74, 6) is 1.84. The minimum atomic E-state index is 0.612. The van der Waals surface area contributed by atoms with Gasteiger partial charge in [0.05, 0.1) is 11.0 Å².